The van der Waals surface area contributed by atoms with Gasteiger partial charge in [-0.2, -0.15) is 0 Å². The normalized spacial score (nSPS) is 16.2. The Balaban J connectivity index is 1.43. The number of carbonyl (C=O) groups excluding carboxylic acids is 1. The van der Waals surface area contributed by atoms with Crippen LogP contribution in [0.15, 0.2) is 54.1 Å². The number of hydrogen-bond donors (Lipinski definition) is 2. The third-order valence-corrected chi connectivity index (χ3v) is 6.97. The fraction of sp³-hybridized carbons (Fsp3) is 0.581. The molecule has 2 aromatic rings. The number of benzene rings is 2. The van der Waals surface area contributed by atoms with Crippen molar-refractivity contribution < 1.29 is 19.1 Å². The molecule has 0 saturated carbocycles. The van der Waals surface area contributed by atoms with Crippen molar-refractivity contribution >= 4 is 16.7 Å². The van der Waals surface area contributed by atoms with E-state index in [0.717, 1.165) is 88.8 Å². The zero-order valence-corrected chi connectivity index (χ0v) is 23.4. The first-order valence-corrected chi connectivity index (χ1v) is 14.5. The van der Waals surface area contributed by atoms with Gasteiger partial charge in [0.25, 0.3) is 0 Å². The number of carbonyl (C=O) groups is 1. The largest absolute Gasteiger partial charge is 0.489 e. The number of nitrogens with one attached hydrogen (secondary N) is 2. The minimum atomic E-state index is -0.306. The van der Waals surface area contributed by atoms with Crippen LogP contribution in [0.4, 0.5) is 0 Å². The summed E-state index contributed by atoms with van der Waals surface area (Å²) < 4.78 is 11.8. The molecule has 1 amide bonds. The topological polar surface area (TPSA) is 72.1 Å². The second kappa shape index (κ2) is 17.9. The Morgan fingerprint density at radius 3 is 2.74 bits per heavy atom. The van der Waals surface area contributed by atoms with Crippen LogP contribution in [0.25, 0.3) is 10.8 Å². The van der Waals surface area contributed by atoms with E-state index in [4.69, 9.17) is 14.3 Å². The molecule has 1 unspecified atom stereocenters. The lowest BCUT2D eigenvalue weighted by Crippen LogP contribution is -2.32. The zero-order chi connectivity index (χ0) is 26.8. The van der Waals surface area contributed by atoms with Crippen molar-refractivity contribution in [2.24, 2.45) is 0 Å². The van der Waals surface area contributed by atoms with Gasteiger partial charge in [0.15, 0.2) is 6.29 Å². The van der Waals surface area contributed by atoms with Crippen LogP contribution in [-0.4, -0.2) is 63.0 Å². The van der Waals surface area contributed by atoms with Crippen molar-refractivity contribution in [1.29, 1.82) is 0 Å². The van der Waals surface area contributed by atoms with Crippen molar-refractivity contribution in [2.45, 2.75) is 71.5 Å². The first-order valence-electron chi connectivity index (χ1n) is 14.5. The summed E-state index contributed by atoms with van der Waals surface area (Å²) >= 11 is 0. The molecule has 38 heavy (non-hydrogen) atoms. The number of allylic oxidation sites excluding steroid dienone is 1. The smallest absolute Gasteiger partial charge is 0.243 e. The van der Waals surface area contributed by atoms with E-state index < -0.39 is 0 Å². The SMILES string of the molecule is CCN(CC)CCCNC/C(=C/CCCCC(=O)NOC1CCCCO1)COc1cccc2ccccc12. The molecule has 1 aliphatic heterocycles. The number of hydroxylamine groups is 1. The van der Waals surface area contributed by atoms with Crippen molar-refractivity contribution in [2.75, 3.05) is 45.9 Å². The van der Waals surface area contributed by atoms with Crippen LogP contribution < -0.4 is 15.5 Å². The lowest BCUT2D eigenvalue weighted by atomic mass is 10.1. The summed E-state index contributed by atoms with van der Waals surface area (Å²) in [6, 6.07) is 14.5. The number of ether oxygens (including phenoxy) is 2. The van der Waals surface area contributed by atoms with Gasteiger partial charge in [-0.3, -0.25) is 4.79 Å². The standard InChI is InChI=1S/C31H47N3O4/c1-3-34(4-2)22-13-21-32-24-26(25-37-29-18-12-16-27-15-8-9-17-28(27)29)14-6-5-7-19-30(35)33-38-31-20-10-11-23-36-31/h8-9,12,14-18,31-32H,3-7,10-11,13,19-25H2,1-2H3,(H,33,35)/b26-14-. The first-order chi connectivity index (χ1) is 18.7. The molecule has 1 fully saturated rings. The van der Waals surface area contributed by atoms with Gasteiger partial charge < -0.3 is 19.7 Å². The number of amides is 1. The van der Waals surface area contributed by atoms with Crippen LogP contribution in [0.3, 0.4) is 0 Å². The summed E-state index contributed by atoms with van der Waals surface area (Å²) in [5.74, 6) is 0.826. The quantitative estimate of drug-likeness (QED) is 0.150. The number of fused-ring (bicyclic) bond motifs is 1. The molecule has 0 radical (unpaired) electrons. The zero-order valence-electron chi connectivity index (χ0n) is 23.4. The molecule has 1 atom stereocenters. The van der Waals surface area contributed by atoms with Gasteiger partial charge in [-0.15, -0.1) is 0 Å². The summed E-state index contributed by atoms with van der Waals surface area (Å²) in [4.78, 5) is 19.9. The molecular formula is C31H47N3O4. The Labute approximate surface area is 228 Å². The van der Waals surface area contributed by atoms with Crippen molar-refractivity contribution in [1.82, 2.24) is 15.7 Å². The van der Waals surface area contributed by atoms with Crippen molar-refractivity contribution in [3.63, 3.8) is 0 Å². The van der Waals surface area contributed by atoms with E-state index in [0.29, 0.717) is 19.6 Å². The Hall–Kier alpha value is -2.45. The summed E-state index contributed by atoms with van der Waals surface area (Å²) in [6.07, 6.45) is 9.17. The van der Waals surface area contributed by atoms with Crippen LogP contribution in [0, 0.1) is 0 Å². The van der Waals surface area contributed by atoms with E-state index in [-0.39, 0.29) is 12.2 Å². The van der Waals surface area contributed by atoms with E-state index in [9.17, 15) is 4.79 Å². The van der Waals surface area contributed by atoms with Gasteiger partial charge >= 0.3 is 0 Å². The maximum Gasteiger partial charge on any atom is 0.243 e. The number of nitrogens with zero attached hydrogens (tertiary/aromatic N) is 1. The van der Waals surface area contributed by atoms with Gasteiger partial charge in [-0.05, 0) is 81.7 Å². The maximum absolute atomic E-state index is 12.1. The van der Waals surface area contributed by atoms with Gasteiger partial charge in [0.05, 0.1) is 0 Å². The number of rotatable bonds is 18. The van der Waals surface area contributed by atoms with E-state index in [1.54, 1.807) is 0 Å². The van der Waals surface area contributed by atoms with Crippen LogP contribution in [0.1, 0.15) is 65.2 Å². The summed E-state index contributed by atoms with van der Waals surface area (Å²) in [7, 11) is 0. The van der Waals surface area contributed by atoms with E-state index in [1.807, 2.05) is 18.2 Å². The second-order valence-corrected chi connectivity index (χ2v) is 9.87. The molecule has 0 aromatic heterocycles. The Bertz CT molecular complexity index is 965. The van der Waals surface area contributed by atoms with Crippen molar-refractivity contribution in [3.8, 4) is 5.75 Å². The third kappa shape index (κ3) is 11.1. The molecule has 3 rings (SSSR count). The predicted molar refractivity (Wildman–Crippen MR) is 154 cm³/mol. The Kier molecular flexibility index (Phi) is 14.2. The monoisotopic (exact) mass is 525 g/mol. The fourth-order valence-electron chi connectivity index (χ4n) is 4.61. The molecule has 1 aliphatic rings. The summed E-state index contributed by atoms with van der Waals surface area (Å²) in [5.41, 5.74) is 3.79. The van der Waals surface area contributed by atoms with Crippen molar-refractivity contribution in [3.05, 3.63) is 54.1 Å². The van der Waals surface area contributed by atoms with Crippen LogP contribution in [0.2, 0.25) is 0 Å². The van der Waals surface area contributed by atoms with Gasteiger partial charge in [-0.25, -0.2) is 10.3 Å². The minimum absolute atomic E-state index is 0.0856. The lowest BCUT2D eigenvalue weighted by molar-refractivity contribution is -0.200. The number of hydrogen-bond acceptors (Lipinski definition) is 6. The van der Waals surface area contributed by atoms with Gasteiger partial charge in [0.1, 0.15) is 12.4 Å². The molecule has 2 aromatic carbocycles. The molecule has 7 nitrogen and oxygen atoms in total. The molecule has 0 spiro atoms. The molecular weight excluding hydrogens is 478 g/mol. The van der Waals surface area contributed by atoms with E-state index >= 15 is 0 Å². The summed E-state index contributed by atoms with van der Waals surface area (Å²) in [6.45, 7) is 10.8. The highest BCUT2D eigenvalue weighted by atomic mass is 16.8. The van der Waals surface area contributed by atoms with Crippen LogP contribution in [0.5, 0.6) is 5.75 Å². The summed E-state index contributed by atoms with van der Waals surface area (Å²) in [5, 5.41) is 5.92. The molecule has 0 aliphatic carbocycles. The van der Waals surface area contributed by atoms with Gasteiger partial charge in [0, 0.05) is 31.4 Å². The highest BCUT2D eigenvalue weighted by Gasteiger charge is 2.15. The van der Waals surface area contributed by atoms with Gasteiger partial charge in [0.2, 0.25) is 5.91 Å². The fourth-order valence-corrected chi connectivity index (χ4v) is 4.61. The van der Waals surface area contributed by atoms with Crippen LogP contribution >= 0.6 is 0 Å². The molecule has 7 heteroatoms. The Morgan fingerprint density at radius 1 is 1.08 bits per heavy atom. The first kappa shape index (κ1) is 30.1. The average Bonchev–Trinajstić information content (AvgIpc) is 2.96. The molecule has 1 heterocycles. The van der Waals surface area contributed by atoms with Crippen LogP contribution in [-0.2, 0) is 14.4 Å². The Morgan fingerprint density at radius 2 is 1.92 bits per heavy atom. The molecule has 210 valence electrons. The highest BCUT2D eigenvalue weighted by molar-refractivity contribution is 5.88. The molecule has 0 bridgehead atoms. The highest BCUT2D eigenvalue weighted by Crippen LogP contribution is 2.25. The van der Waals surface area contributed by atoms with E-state index in [1.165, 1.54) is 11.0 Å². The molecule has 1 saturated heterocycles. The maximum atomic E-state index is 12.1. The second-order valence-electron chi connectivity index (χ2n) is 9.87. The minimum Gasteiger partial charge on any atom is -0.489 e. The predicted octanol–water partition coefficient (Wildman–Crippen LogP) is 5.60. The number of unbranched alkanes of at least 4 members (excludes halogenated alkanes) is 2. The van der Waals surface area contributed by atoms with Gasteiger partial charge in [-0.1, -0.05) is 56.3 Å². The third-order valence-electron chi connectivity index (χ3n) is 6.97. The molecule has 2 N–H and O–H groups in total. The van der Waals surface area contributed by atoms with E-state index in [2.05, 4.69) is 59.9 Å². The lowest BCUT2D eigenvalue weighted by Gasteiger charge is -2.22. The average molecular weight is 526 g/mol.